The molecule has 0 aromatic heterocycles. The van der Waals surface area contributed by atoms with Gasteiger partial charge in [-0.15, -0.1) is 0 Å². The summed E-state index contributed by atoms with van der Waals surface area (Å²) in [5.41, 5.74) is 0. The number of hydrogen-bond acceptors (Lipinski definition) is 3. The van der Waals surface area contributed by atoms with Crippen molar-refractivity contribution in [3.63, 3.8) is 0 Å². The van der Waals surface area contributed by atoms with Crippen molar-refractivity contribution < 1.29 is 9.90 Å². The van der Waals surface area contributed by atoms with Crippen LogP contribution in [-0.4, -0.2) is 24.2 Å². The Morgan fingerprint density at radius 1 is 1.07 bits per heavy atom. The van der Waals surface area contributed by atoms with Crippen LogP contribution in [0, 0.1) is 0 Å². The van der Waals surface area contributed by atoms with Crippen molar-refractivity contribution in [1.29, 1.82) is 0 Å². The molecule has 0 rings (SSSR count). The smallest absolute Gasteiger partial charge is 0.327 e. The van der Waals surface area contributed by atoms with Crippen molar-refractivity contribution in [2.24, 2.45) is 10.2 Å². The molecule has 0 aliphatic carbocycles. The summed E-state index contributed by atoms with van der Waals surface area (Å²) in [6, 6.07) is 0. The number of nitrogens with zero attached hydrogens (tertiary/aromatic N) is 2. The minimum atomic E-state index is -0.920. The highest BCUT2D eigenvalue weighted by molar-refractivity contribution is 5.68. The van der Waals surface area contributed by atoms with Gasteiger partial charge in [0.05, 0.1) is 6.54 Å². The predicted molar refractivity (Wildman–Crippen MR) is 55.6 cm³/mol. The van der Waals surface area contributed by atoms with Crippen LogP contribution in [0.25, 0.3) is 0 Å². The number of carboxylic acids is 1. The number of rotatable bonds is 9. The molecule has 0 fully saturated rings. The van der Waals surface area contributed by atoms with Gasteiger partial charge in [-0.05, 0) is 6.42 Å². The molecule has 0 saturated heterocycles. The first kappa shape index (κ1) is 13.1. The Hall–Kier alpha value is -0.930. The molecule has 4 heteroatoms. The van der Waals surface area contributed by atoms with Gasteiger partial charge in [-0.2, -0.15) is 10.2 Å². The maximum Gasteiger partial charge on any atom is 0.327 e. The van der Waals surface area contributed by atoms with E-state index in [1.807, 2.05) is 0 Å². The first-order valence-electron chi connectivity index (χ1n) is 5.32. The van der Waals surface area contributed by atoms with Gasteiger partial charge in [0.2, 0.25) is 0 Å². The van der Waals surface area contributed by atoms with Gasteiger partial charge >= 0.3 is 5.97 Å². The van der Waals surface area contributed by atoms with Crippen LogP contribution >= 0.6 is 0 Å². The molecular weight excluding hydrogens is 180 g/mol. The average Bonchev–Trinajstić information content (AvgIpc) is 2.15. The van der Waals surface area contributed by atoms with Crippen LogP contribution in [0.1, 0.15) is 45.4 Å². The maximum atomic E-state index is 10.1. The third-order valence-corrected chi connectivity index (χ3v) is 1.92. The van der Waals surface area contributed by atoms with Crippen LogP contribution in [0.2, 0.25) is 0 Å². The highest BCUT2D eigenvalue weighted by Crippen LogP contribution is 2.04. The Kier molecular flexibility index (Phi) is 9.48. The highest BCUT2D eigenvalue weighted by atomic mass is 16.4. The van der Waals surface area contributed by atoms with Crippen molar-refractivity contribution in [1.82, 2.24) is 0 Å². The van der Waals surface area contributed by atoms with Crippen LogP contribution in [-0.2, 0) is 4.79 Å². The number of azo groups is 1. The van der Waals surface area contributed by atoms with Gasteiger partial charge in [0.25, 0.3) is 0 Å². The van der Waals surface area contributed by atoms with Crippen molar-refractivity contribution >= 4 is 5.97 Å². The van der Waals surface area contributed by atoms with E-state index < -0.39 is 5.97 Å². The second-order valence-corrected chi connectivity index (χ2v) is 3.33. The molecule has 0 aliphatic heterocycles. The Morgan fingerprint density at radius 3 is 2.36 bits per heavy atom. The third-order valence-electron chi connectivity index (χ3n) is 1.92. The average molecular weight is 200 g/mol. The van der Waals surface area contributed by atoms with Crippen molar-refractivity contribution in [2.45, 2.75) is 45.4 Å². The van der Waals surface area contributed by atoms with E-state index in [1.165, 1.54) is 32.1 Å². The minimum absolute atomic E-state index is 0.199. The molecule has 0 unspecified atom stereocenters. The number of hydrogen-bond donors (Lipinski definition) is 1. The molecule has 14 heavy (non-hydrogen) atoms. The second kappa shape index (κ2) is 10.2. The lowest BCUT2D eigenvalue weighted by molar-refractivity contribution is -0.135. The minimum Gasteiger partial charge on any atom is -0.480 e. The molecule has 0 spiro atoms. The van der Waals surface area contributed by atoms with Gasteiger partial charge in [0.1, 0.15) is 0 Å². The maximum absolute atomic E-state index is 10.1. The molecule has 4 nitrogen and oxygen atoms in total. The summed E-state index contributed by atoms with van der Waals surface area (Å²) in [4.78, 5) is 10.1. The molecule has 0 saturated carbocycles. The van der Waals surface area contributed by atoms with Gasteiger partial charge < -0.3 is 5.11 Å². The lowest BCUT2D eigenvalue weighted by Gasteiger charge is -1.96. The summed E-state index contributed by atoms with van der Waals surface area (Å²) in [6.45, 7) is 2.66. The summed E-state index contributed by atoms with van der Waals surface area (Å²) in [7, 11) is 0. The summed E-state index contributed by atoms with van der Waals surface area (Å²) >= 11 is 0. The van der Waals surface area contributed by atoms with E-state index in [4.69, 9.17) is 5.11 Å². The fourth-order valence-electron chi connectivity index (χ4n) is 1.14. The Morgan fingerprint density at radius 2 is 1.71 bits per heavy atom. The predicted octanol–water partition coefficient (Wildman–Crippen LogP) is 2.88. The fourth-order valence-corrected chi connectivity index (χ4v) is 1.14. The van der Waals surface area contributed by atoms with Crippen molar-refractivity contribution in [3.05, 3.63) is 0 Å². The number of carbonyl (C=O) groups is 1. The van der Waals surface area contributed by atoms with Crippen LogP contribution in [0.15, 0.2) is 10.2 Å². The first-order chi connectivity index (χ1) is 6.77. The fraction of sp³-hybridized carbons (Fsp3) is 0.900. The summed E-state index contributed by atoms with van der Waals surface area (Å²) < 4.78 is 0. The summed E-state index contributed by atoms with van der Waals surface area (Å²) in [6.07, 6.45) is 7.31. The Balaban J connectivity index is 3.05. The standard InChI is InChI=1S/C10H20N2O2/c1-2-3-4-5-6-7-8-11-12-9-10(13)14/h2-9H2,1H3,(H,13,14)/b12-11+. The van der Waals surface area contributed by atoms with E-state index in [1.54, 1.807) is 0 Å². The van der Waals surface area contributed by atoms with Gasteiger partial charge in [0.15, 0.2) is 6.54 Å². The second-order valence-electron chi connectivity index (χ2n) is 3.33. The summed E-state index contributed by atoms with van der Waals surface area (Å²) in [5, 5.41) is 15.6. The summed E-state index contributed by atoms with van der Waals surface area (Å²) in [5.74, 6) is -0.920. The number of aliphatic carboxylic acids is 1. The van der Waals surface area contributed by atoms with Crippen molar-refractivity contribution in [3.8, 4) is 0 Å². The molecule has 0 bridgehead atoms. The zero-order valence-electron chi connectivity index (χ0n) is 8.91. The van der Waals surface area contributed by atoms with E-state index in [0.717, 1.165) is 6.42 Å². The van der Waals surface area contributed by atoms with E-state index in [2.05, 4.69) is 17.2 Å². The topological polar surface area (TPSA) is 62.0 Å². The molecule has 0 aromatic carbocycles. The van der Waals surface area contributed by atoms with Crippen LogP contribution < -0.4 is 0 Å². The van der Waals surface area contributed by atoms with Crippen LogP contribution in [0.3, 0.4) is 0 Å². The SMILES string of the molecule is CCCCCCCC/N=N/CC(=O)O. The van der Waals surface area contributed by atoms with Crippen molar-refractivity contribution in [2.75, 3.05) is 13.1 Å². The lowest BCUT2D eigenvalue weighted by atomic mass is 10.1. The molecular formula is C10H20N2O2. The zero-order chi connectivity index (χ0) is 10.6. The van der Waals surface area contributed by atoms with Crippen LogP contribution in [0.5, 0.6) is 0 Å². The molecule has 1 N–H and O–H groups in total. The molecule has 0 atom stereocenters. The normalized spacial score (nSPS) is 10.9. The number of carboxylic acid groups (broad SMARTS) is 1. The Labute approximate surface area is 85.4 Å². The monoisotopic (exact) mass is 200 g/mol. The van der Waals surface area contributed by atoms with Gasteiger partial charge in [0, 0.05) is 0 Å². The van der Waals surface area contributed by atoms with Gasteiger partial charge in [-0.1, -0.05) is 39.0 Å². The zero-order valence-corrected chi connectivity index (χ0v) is 8.91. The molecule has 0 amide bonds. The van der Waals surface area contributed by atoms with Crippen LogP contribution in [0.4, 0.5) is 0 Å². The number of unbranched alkanes of at least 4 members (excludes halogenated alkanes) is 5. The molecule has 0 aliphatic rings. The molecule has 0 radical (unpaired) electrons. The van der Waals surface area contributed by atoms with E-state index in [9.17, 15) is 4.79 Å². The van der Waals surface area contributed by atoms with E-state index >= 15 is 0 Å². The quantitative estimate of drug-likeness (QED) is 0.459. The first-order valence-corrected chi connectivity index (χ1v) is 5.32. The van der Waals surface area contributed by atoms with E-state index in [0.29, 0.717) is 6.54 Å². The van der Waals surface area contributed by atoms with E-state index in [-0.39, 0.29) is 6.54 Å². The molecule has 82 valence electrons. The molecule has 0 aromatic rings. The third kappa shape index (κ3) is 11.1. The largest absolute Gasteiger partial charge is 0.480 e. The highest BCUT2D eigenvalue weighted by Gasteiger charge is 1.91. The van der Waals surface area contributed by atoms with Gasteiger partial charge in [-0.25, -0.2) is 0 Å². The van der Waals surface area contributed by atoms with Gasteiger partial charge in [-0.3, -0.25) is 4.79 Å². The Bertz CT molecular complexity index is 170. The molecule has 0 heterocycles. The lowest BCUT2D eigenvalue weighted by Crippen LogP contribution is -1.98.